The van der Waals surface area contributed by atoms with E-state index in [1.165, 1.54) is 6.07 Å². The van der Waals surface area contributed by atoms with Gasteiger partial charge in [0.05, 0.1) is 25.4 Å². The zero-order chi connectivity index (χ0) is 13.0. The molecule has 0 radical (unpaired) electrons. The summed E-state index contributed by atoms with van der Waals surface area (Å²) in [6.45, 7) is 2.42. The predicted molar refractivity (Wildman–Crippen MR) is 70.0 cm³/mol. The number of anilines is 1. The Morgan fingerprint density at radius 2 is 2.17 bits per heavy atom. The largest absolute Gasteiger partial charge is 0.378 e. The molecule has 1 aliphatic heterocycles. The number of benzene rings is 1. The molecule has 1 saturated heterocycles. The molecule has 0 saturated carbocycles. The average molecular weight is 317 g/mol. The lowest BCUT2D eigenvalue weighted by molar-refractivity contribution is -0.133. The van der Waals surface area contributed by atoms with Crippen LogP contribution in [0.1, 0.15) is 0 Å². The number of nitrogens with one attached hydrogen (secondary N) is 1. The van der Waals surface area contributed by atoms with Gasteiger partial charge in [0.2, 0.25) is 5.91 Å². The minimum atomic E-state index is -0.368. The Kier molecular flexibility index (Phi) is 4.54. The first-order chi connectivity index (χ1) is 8.66. The minimum Gasteiger partial charge on any atom is -0.378 e. The van der Waals surface area contributed by atoms with Crippen LogP contribution in [0, 0.1) is 5.82 Å². The maximum Gasteiger partial charge on any atom is 0.242 e. The van der Waals surface area contributed by atoms with E-state index < -0.39 is 0 Å². The lowest BCUT2D eigenvalue weighted by Crippen LogP contribution is -2.43. The second-order valence-electron chi connectivity index (χ2n) is 3.97. The first kappa shape index (κ1) is 13.3. The molecule has 0 atom stereocenters. The summed E-state index contributed by atoms with van der Waals surface area (Å²) in [7, 11) is 0. The van der Waals surface area contributed by atoms with E-state index in [1.807, 2.05) is 0 Å². The standard InChI is InChI=1S/C12H14BrFN2O2/c13-9-1-2-10(14)11(7-9)15-8-12(17)16-3-5-18-6-4-16/h1-2,7,15H,3-6,8H2. The van der Waals surface area contributed by atoms with Crippen LogP contribution >= 0.6 is 15.9 Å². The summed E-state index contributed by atoms with van der Waals surface area (Å²) in [5, 5.41) is 2.81. The van der Waals surface area contributed by atoms with Crippen LogP contribution in [0.4, 0.5) is 10.1 Å². The molecule has 1 aliphatic rings. The highest BCUT2D eigenvalue weighted by atomic mass is 79.9. The number of morpholine rings is 1. The number of hydrogen-bond donors (Lipinski definition) is 1. The molecule has 1 aromatic rings. The fraction of sp³-hybridized carbons (Fsp3) is 0.417. The number of carbonyl (C=O) groups is 1. The van der Waals surface area contributed by atoms with Crippen molar-refractivity contribution in [3.05, 3.63) is 28.5 Å². The van der Waals surface area contributed by atoms with Crippen LogP contribution in [0.3, 0.4) is 0 Å². The van der Waals surface area contributed by atoms with Gasteiger partial charge in [0.25, 0.3) is 0 Å². The second kappa shape index (κ2) is 6.15. The van der Waals surface area contributed by atoms with E-state index in [0.717, 1.165) is 4.47 Å². The summed E-state index contributed by atoms with van der Waals surface area (Å²) in [5.74, 6) is -0.411. The van der Waals surface area contributed by atoms with E-state index in [0.29, 0.717) is 32.0 Å². The molecule has 1 aromatic carbocycles. The number of ether oxygens (including phenoxy) is 1. The molecule has 1 amide bonds. The van der Waals surface area contributed by atoms with Crippen LogP contribution in [0.25, 0.3) is 0 Å². The van der Waals surface area contributed by atoms with Crippen molar-refractivity contribution >= 4 is 27.5 Å². The van der Waals surface area contributed by atoms with Crippen molar-refractivity contribution in [2.24, 2.45) is 0 Å². The van der Waals surface area contributed by atoms with Crippen molar-refractivity contribution in [2.75, 3.05) is 38.2 Å². The SMILES string of the molecule is O=C(CNc1cc(Br)ccc1F)N1CCOCC1. The van der Waals surface area contributed by atoms with Crippen molar-refractivity contribution in [2.45, 2.75) is 0 Å². The van der Waals surface area contributed by atoms with Gasteiger partial charge in [0.1, 0.15) is 5.82 Å². The number of amides is 1. The molecule has 18 heavy (non-hydrogen) atoms. The maximum atomic E-state index is 13.4. The fourth-order valence-corrected chi connectivity index (χ4v) is 2.09. The number of hydrogen-bond acceptors (Lipinski definition) is 3. The highest BCUT2D eigenvalue weighted by Crippen LogP contribution is 2.19. The Bertz CT molecular complexity index is 436. The van der Waals surface area contributed by atoms with Gasteiger partial charge in [-0.2, -0.15) is 0 Å². The van der Waals surface area contributed by atoms with Crippen molar-refractivity contribution in [3.63, 3.8) is 0 Å². The topological polar surface area (TPSA) is 41.6 Å². The Morgan fingerprint density at radius 3 is 2.89 bits per heavy atom. The first-order valence-electron chi connectivity index (χ1n) is 5.71. The summed E-state index contributed by atoms with van der Waals surface area (Å²) in [6.07, 6.45) is 0. The summed E-state index contributed by atoms with van der Waals surface area (Å²) >= 11 is 3.26. The maximum absolute atomic E-state index is 13.4. The lowest BCUT2D eigenvalue weighted by atomic mass is 10.3. The van der Waals surface area contributed by atoms with Gasteiger partial charge in [-0.25, -0.2) is 4.39 Å². The molecule has 1 fully saturated rings. The Labute approximate surface area is 113 Å². The Balaban J connectivity index is 1.90. The van der Waals surface area contributed by atoms with E-state index in [2.05, 4.69) is 21.2 Å². The zero-order valence-electron chi connectivity index (χ0n) is 9.79. The molecule has 98 valence electrons. The zero-order valence-corrected chi connectivity index (χ0v) is 11.4. The molecule has 4 nitrogen and oxygen atoms in total. The predicted octanol–water partition coefficient (Wildman–Crippen LogP) is 1.86. The van der Waals surface area contributed by atoms with Crippen LogP contribution in [0.5, 0.6) is 0 Å². The molecule has 1 heterocycles. The molecule has 0 aliphatic carbocycles. The average Bonchev–Trinajstić information content (AvgIpc) is 2.40. The Morgan fingerprint density at radius 1 is 1.44 bits per heavy atom. The molecule has 1 N–H and O–H groups in total. The van der Waals surface area contributed by atoms with Gasteiger partial charge >= 0.3 is 0 Å². The fourth-order valence-electron chi connectivity index (χ4n) is 1.73. The van der Waals surface area contributed by atoms with Crippen molar-refractivity contribution in [1.29, 1.82) is 0 Å². The summed E-state index contributed by atoms with van der Waals surface area (Å²) in [6, 6.07) is 4.58. The van der Waals surface area contributed by atoms with Gasteiger partial charge < -0.3 is 15.0 Å². The van der Waals surface area contributed by atoms with Crippen LogP contribution in [0.15, 0.2) is 22.7 Å². The third kappa shape index (κ3) is 3.43. The quantitative estimate of drug-likeness (QED) is 0.925. The van der Waals surface area contributed by atoms with Gasteiger partial charge in [-0.3, -0.25) is 4.79 Å². The number of carbonyl (C=O) groups excluding carboxylic acids is 1. The lowest BCUT2D eigenvalue weighted by Gasteiger charge is -2.27. The molecule has 0 spiro atoms. The van der Waals surface area contributed by atoms with Crippen LogP contribution in [-0.2, 0) is 9.53 Å². The third-order valence-corrected chi connectivity index (χ3v) is 3.22. The van der Waals surface area contributed by atoms with Crippen LogP contribution < -0.4 is 5.32 Å². The molecular weight excluding hydrogens is 303 g/mol. The Hall–Kier alpha value is -1.14. The van der Waals surface area contributed by atoms with Crippen LogP contribution in [-0.4, -0.2) is 43.7 Å². The van der Waals surface area contributed by atoms with Gasteiger partial charge in [-0.05, 0) is 18.2 Å². The molecule has 0 aromatic heterocycles. The van der Waals surface area contributed by atoms with Crippen molar-refractivity contribution in [3.8, 4) is 0 Å². The highest BCUT2D eigenvalue weighted by Gasteiger charge is 2.16. The smallest absolute Gasteiger partial charge is 0.242 e. The number of halogens is 2. The van der Waals surface area contributed by atoms with E-state index in [1.54, 1.807) is 17.0 Å². The van der Waals surface area contributed by atoms with E-state index in [4.69, 9.17) is 4.74 Å². The first-order valence-corrected chi connectivity index (χ1v) is 6.50. The van der Waals surface area contributed by atoms with Gasteiger partial charge in [0, 0.05) is 17.6 Å². The van der Waals surface area contributed by atoms with Gasteiger partial charge in [-0.1, -0.05) is 15.9 Å². The monoisotopic (exact) mass is 316 g/mol. The third-order valence-electron chi connectivity index (χ3n) is 2.72. The molecular formula is C12H14BrFN2O2. The molecule has 0 unspecified atom stereocenters. The number of nitrogens with zero attached hydrogens (tertiary/aromatic N) is 1. The van der Waals surface area contributed by atoms with E-state index >= 15 is 0 Å². The molecule has 0 bridgehead atoms. The number of rotatable bonds is 3. The van der Waals surface area contributed by atoms with Gasteiger partial charge in [-0.15, -0.1) is 0 Å². The second-order valence-corrected chi connectivity index (χ2v) is 4.89. The normalized spacial score (nSPS) is 15.6. The minimum absolute atomic E-state index is 0.0438. The van der Waals surface area contributed by atoms with Crippen LogP contribution in [0.2, 0.25) is 0 Å². The van der Waals surface area contributed by atoms with Crippen molar-refractivity contribution in [1.82, 2.24) is 4.90 Å². The van der Waals surface area contributed by atoms with Crippen molar-refractivity contribution < 1.29 is 13.9 Å². The summed E-state index contributed by atoms with van der Waals surface area (Å²) in [4.78, 5) is 13.6. The highest BCUT2D eigenvalue weighted by molar-refractivity contribution is 9.10. The van der Waals surface area contributed by atoms with E-state index in [-0.39, 0.29) is 18.3 Å². The summed E-state index contributed by atoms with van der Waals surface area (Å²) in [5.41, 5.74) is 0.325. The summed E-state index contributed by atoms with van der Waals surface area (Å²) < 4.78 is 19.4. The van der Waals surface area contributed by atoms with Gasteiger partial charge in [0.15, 0.2) is 0 Å². The van der Waals surface area contributed by atoms with E-state index in [9.17, 15) is 9.18 Å². The molecule has 2 rings (SSSR count). The molecule has 6 heteroatoms.